The minimum atomic E-state index is -0.0621. The Labute approximate surface area is 240 Å². The average molecular weight is 545 g/mol. The number of nitrogens with zero attached hydrogens (tertiary/aromatic N) is 4. The lowest BCUT2D eigenvalue weighted by Crippen LogP contribution is -2.32. The number of aliphatic hydroxyl groups excluding tert-OH is 1. The van der Waals surface area contributed by atoms with E-state index in [4.69, 9.17) is 4.74 Å². The summed E-state index contributed by atoms with van der Waals surface area (Å²) < 4.78 is 6.29. The Hall–Kier alpha value is -4.51. The van der Waals surface area contributed by atoms with Crippen molar-refractivity contribution in [2.24, 2.45) is 0 Å². The molecule has 0 radical (unpaired) electrons. The van der Waals surface area contributed by atoms with E-state index in [1.807, 2.05) is 53.4 Å². The van der Waals surface area contributed by atoms with Gasteiger partial charge in [-0.3, -0.25) is 14.7 Å². The molecule has 7 heteroatoms. The van der Waals surface area contributed by atoms with Gasteiger partial charge in [0.05, 0.1) is 12.2 Å². The Balaban J connectivity index is 1.29. The maximum atomic E-state index is 13.9. The summed E-state index contributed by atoms with van der Waals surface area (Å²) in [6.07, 6.45) is 6.02. The smallest absolute Gasteiger partial charge is 0.258 e. The van der Waals surface area contributed by atoms with Crippen LogP contribution < -0.4 is 9.64 Å². The van der Waals surface area contributed by atoms with E-state index in [0.717, 1.165) is 53.7 Å². The van der Waals surface area contributed by atoms with Crippen molar-refractivity contribution in [1.29, 1.82) is 5.26 Å². The van der Waals surface area contributed by atoms with Crippen molar-refractivity contribution < 1.29 is 14.6 Å². The topological polar surface area (TPSA) is 89.7 Å². The molecule has 3 heterocycles. The van der Waals surface area contributed by atoms with Crippen molar-refractivity contribution >= 4 is 11.6 Å². The second kappa shape index (κ2) is 11.9. The number of fused-ring (bicyclic) bond motifs is 1. The SMILES string of the molecule is N#Cc1cncc(COc2cc(C(=O)N3CCc4c(-c5ccccc5)cccc43)ccc2CN2CCCC2CO)c1. The monoisotopic (exact) mass is 544 g/mol. The molecular formula is C34H32N4O3. The fraction of sp³-hybridized carbons (Fsp3) is 0.265. The van der Waals surface area contributed by atoms with Gasteiger partial charge >= 0.3 is 0 Å². The minimum absolute atomic E-state index is 0.0621. The van der Waals surface area contributed by atoms with Gasteiger partial charge in [-0.1, -0.05) is 48.5 Å². The number of rotatable bonds is 8. The van der Waals surface area contributed by atoms with E-state index in [2.05, 4.69) is 34.2 Å². The van der Waals surface area contributed by atoms with E-state index in [0.29, 0.717) is 30.0 Å². The zero-order valence-corrected chi connectivity index (χ0v) is 22.9. The van der Waals surface area contributed by atoms with Crippen LogP contribution in [0.3, 0.4) is 0 Å². The maximum Gasteiger partial charge on any atom is 0.258 e. The minimum Gasteiger partial charge on any atom is -0.488 e. The number of nitriles is 1. The molecule has 1 atom stereocenters. The van der Waals surface area contributed by atoms with Crippen molar-refractivity contribution in [1.82, 2.24) is 9.88 Å². The van der Waals surface area contributed by atoms with Gasteiger partial charge in [-0.15, -0.1) is 0 Å². The molecule has 206 valence electrons. The Bertz CT molecular complexity index is 1600. The highest BCUT2D eigenvalue weighted by molar-refractivity contribution is 6.08. The molecule has 0 saturated carbocycles. The number of likely N-dealkylation sites (tertiary alicyclic amines) is 1. The highest BCUT2D eigenvalue weighted by atomic mass is 16.5. The highest BCUT2D eigenvalue weighted by Gasteiger charge is 2.29. The molecule has 0 aliphatic carbocycles. The van der Waals surface area contributed by atoms with E-state index in [-0.39, 0.29) is 25.2 Å². The fourth-order valence-corrected chi connectivity index (χ4v) is 5.96. The van der Waals surface area contributed by atoms with Gasteiger partial charge in [0.2, 0.25) is 0 Å². The molecular weight excluding hydrogens is 512 g/mol. The number of hydrogen-bond acceptors (Lipinski definition) is 6. The molecule has 1 fully saturated rings. The summed E-state index contributed by atoms with van der Waals surface area (Å²) in [6.45, 7) is 2.50. The third-order valence-electron chi connectivity index (χ3n) is 8.07. The number of pyridine rings is 1. The molecule has 0 bridgehead atoms. The van der Waals surface area contributed by atoms with Gasteiger partial charge in [0.25, 0.3) is 5.91 Å². The second-order valence-electron chi connectivity index (χ2n) is 10.6. The normalized spacial score (nSPS) is 16.4. The standard InChI is InChI=1S/C34H32N4O3/c35-18-24-16-25(20-36-19-24)23-41-33-17-27(11-12-28(33)21-37-14-5-8-29(37)22-39)34(40)38-15-13-31-30(9-4-10-32(31)38)26-6-2-1-3-7-26/h1-4,6-7,9-12,16-17,19-20,29,39H,5,8,13-15,21-23H2. The Morgan fingerprint density at radius 2 is 1.93 bits per heavy atom. The molecule has 4 aromatic rings. The summed E-state index contributed by atoms with van der Waals surface area (Å²) in [5.74, 6) is 0.562. The third-order valence-corrected chi connectivity index (χ3v) is 8.07. The fourth-order valence-electron chi connectivity index (χ4n) is 5.96. The third kappa shape index (κ3) is 5.58. The first-order valence-electron chi connectivity index (χ1n) is 14.1. The van der Waals surface area contributed by atoms with Gasteiger partial charge < -0.3 is 14.7 Å². The first-order valence-corrected chi connectivity index (χ1v) is 14.1. The number of ether oxygens (including phenoxy) is 1. The predicted molar refractivity (Wildman–Crippen MR) is 158 cm³/mol. The van der Waals surface area contributed by atoms with E-state index in [1.165, 1.54) is 11.8 Å². The van der Waals surface area contributed by atoms with E-state index in [1.54, 1.807) is 12.3 Å². The van der Waals surface area contributed by atoms with Crippen molar-refractivity contribution in [2.75, 3.05) is 24.6 Å². The molecule has 1 saturated heterocycles. The number of aromatic nitrogens is 1. The molecule has 6 rings (SSSR count). The van der Waals surface area contributed by atoms with Crippen molar-refractivity contribution in [3.8, 4) is 22.9 Å². The lowest BCUT2D eigenvalue weighted by Gasteiger charge is -2.24. The molecule has 7 nitrogen and oxygen atoms in total. The van der Waals surface area contributed by atoms with Crippen LogP contribution in [0.15, 0.2) is 85.2 Å². The predicted octanol–water partition coefficient (Wildman–Crippen LogP) is 5.36. The van der Waals surface area contributed by atoms with Crippen molar-refractivity contribution in [3.05, 3.63) is 113 Å². The Kier molecular flexibility index (Phi) is 7.77. The van der Waals surface area contributed by atoms with Crippen LogP contribution in [-0.4, -0.2) is 46.6 Å². The summed E-state index contributed by atoms with van der Waals surface area (Å²) in [4.78, 5) is 22.2. The van der Waals surface area contributed by atoms with Crippen molar-refractivity contribution in [2.45, 2.75) is 38.5 Å². The Morgan fingerprint density at radius 3 is 2.76 bits per heavy atom. The van der Waals surface area contributed by atoms with Gasteiger partial charge in [0, 0.05) is 53.9 Å². The van der Waals surface area contributed by atoms with Gasteiger partial charge in [0.1, 0.15) is 18.4 Å². The van der Waals surface area contributed by atoms with Crippen LogP contribution in [0.2, 0.25) is 0 Å². The molecule has 1 aromatic heterocycles. The van der Waals surface area contributed by atoms with Crippen LogP contribution in [0, 0.1) is 11.3 Å². The van der Waals surface area contributed by atoms with Crippen molar-refractivity contribution in [3.63, 3.8) is 0 Å². The van der Waals surface area contributed by atoms with Gasteiger partial charge in [-0.25, -0.2) is 0 Å². The molecule has 1 amide bonds. The van der Waals surface area contributed by atoms with Crippen LogP contribution in [0.4, 0.5) is 5.69 Å². The lowest BCUT2D eigenvalue weighted by atomic mass is 9.98. The zero-order chi connectivity index (χ0) is 28.2. The largest absolute Gasteiger partial charge is 0.488 e. The first-order chi connectivity index (χ1) is 20.1. The van der Waals surface area contributed by atoms with Crippen LogP contribution in [0.1, 0.15) is 45.5 Å². The summed E-state index contributed by atoms with van der Waals surface area (Å²) in [5, 5.41) is 19.1. The Morgan fingerprint density at radius 1 is 1.05 bits per heavy atom. The van der Waals surface area contributed by atoms with Gasteiger partial charge in [-0.2, -0.15) is 5.26 Å². The van der Waals surface area contributed by atoms with Crippen LogP contribution in [-0.2, 0) is 19.6 Å². The zero-order valence-electron chi connectivity index (χ0n) is 22.9. The molecule has 1 unspecified atom stereocenters. The van der Waals surface area contributed by atoms with Gasteiger partial charge in [-0.05, 0) is 66.8 Å². The molecule has 2 aliphatic heterocycles. The number of carbonyl (C=O) groups is 1. The number of hydrogen-bond donors (Lipinski definition) is 1. The van der Waals surface area contributed by atoms with E-state index in [9.17, 15) is 15.2 Å². The van der Waals surface area contributed by atoms with E-state index >= 15 is 0 Å². The average Bonchev–Trinajstić information content (AvgIpc) is 3.67. The number of aliphatic hydroxyl groups is 1. The van der Waals surface area contributed by atoms with Crippen LogP contribution >= 0.6 is 0 Å². The lowest BCUT2D eigenvalue weighted by molar-refractivity contribution is 0.0989. The molecule has 0 spiro atoms. The number of carbonyl (C=O) groups excluding carboxylic acids is 1. The van der Waals surface area contributed by atoms with Crippen LogP contribution in [0.5, 0.6) is 5.75 Å². The molecule has 2 aliphatic rings. The highest BCUT2D eigenvalue weighted by Crippen LogP contribution is 2.37. The summed E-state index contributed by atoms with van der Waals surface area (Å²) in [5.41, 5.74) is 7.22. The molecule has 1 N–H and O–H groups in total. The number of anilines is 1. The van der Waals surface area contributed by atoms with E-state index < -0.39 is 0 Å². The summed E-state index contributed by atoms with van der Waals surface area (Å²) in [7, 11) is 0. The summed E-state index contributed by atoms with van der Waals surface area (Å²) >= 11 is 0. The molecule has 41 heavy (non-hydrogen) atoms. The van der Waals surface area contributed by atoms with Crippen LogP contribution in [0.25, 0.3) is 11.1 Å². The number of benzene rings is 3. The molecule has 3 aromatic carbocycles. The maximum absolute atomic E-state index is 13.9. The summed E-state index contributed by atoms with van der Waals surface area (Å²) in [6, 6.07) is 26.1. The number of amides is 1. The van der Waals surface area contributed by atoms with Gasteiger partial charge in [0.15, 0.2) is 0 Å². The second-order valence-corrected chi connectivity index (χ2v) is 10.6. The first kappa shape index (κ1) is 26.7. The quantitative estimate of drug-likeness (QED) is 0.321.